The maximum absolute atomic E-state index is 13.3. The summed E-state index contributed by atoms with van der Waals surface area (Å²) in [7, 11) is -5.51. The lowest BCUT2D eigenvalue weighted by atomic mass is 9.95. The van der Waals surface area contributed by atoms with Gasteiger partial charge in [0.2, 0.25) is 0 Å². The number of hydrogen-bond acceptors (Lipinski definition) is 5. The number of carbonyl (C=O) groups excluding carboxylic acids is 1. The van der Waals surface area contributed by atoms with Crippen molar-refractivity contribution in [1.82, 2.24) is 4.98 Å². The largest absolute Gasteiger partial charge is 0.501 e. The summed E-state index contributed by atoms with van der Waals surface area (Å²) >= 11 is 0. The molecule has 0 spiro atoms. The van der Waals surface area contributed by atoms with Crippen LogP contribution in [-0.2, 0) is 20.8 Å². The van der Waals surface area contributed by atoms with Crippen molar-refractivity contribution in [1.29, 1.82) is 0 Å². The summed E-state index contributed by atoms with van der Waals surface area (Å²) in [4.78, 5) is 16.9. The summed E-state index contributed by atoms with van der Waals surface area (Å²) in [6, 6.07) is 5.57. The minimum Gasteiger partial charge on any atom is -0.352 e. The number of rotatable bonds is 4. The summed E-state index contributed by atoms with van der Waals surface area (Å²) in [6.07, 6.45) is -1.91. The Labute approximate surface area is 184 Å². The highest BCUT2D eigenvalue weighted by Gasteiger charge is 2.46. The van der Waals surface area contributed by atoms with Crippen LogP contribution in [0.25, 0.3) is 0 Å². The molecule has 6 nitrogen and oxygen atoms in total. The van der Waals surface area contributed by atoms with Crippen molar-refractivity contribution in [2.75, 3.05) is 23.3 Å². The van der Waals surface area contributed by atoms with Crippen LogP contribution in [-0.4, -0.2) is 37.9 Å². The molecule has 1 aromatic heterocycles. The molecular formula is C20H17F6N3O3S. The summed E-state index contributed by atoms with van der Waals surface area (Å²) < 4.78 is 100. The molecule has 0 aliphatic carbocycles. The van der Waals surface area contributed by atoms with E-state index in [1.807, 2.05) is 0 Å². The number of aromatic nitrogens is 1. The van der Waals surface area contributed by atoms with Crippen LogP contribution in [0, 0.1) is 5.92 Å². The van der Waals surface area contributed by atoms with Crippen LogP contribution in [0.5, 0.6) is 0 Å². The van der Waals surface area contributed by atoms with Crippen molar-refractivity contribution >= 4 is 27.2 Å². The van der Waals surface area contributed by atoms with E-state index in [0.717, 1.165) is 30.3 Å². The lowest BCUT2D eigenvalue weighted by Gasteiger charge is -2.32. The first-order valence-electron chi connectivity index (χ1n) is 9.42. The van der Waals surface area contributed by atoms with Crippen LogP contribution in [0.15, 0.2) is 59.1 Å². The summed E-state index contributed by atoms with van der Waals surface area (Å²) in [5.74, 6) is -1.36. The average Bonchev–Trinajstić information content (AvgIpc) is 2.72. The first-order chi connectivity index (χ1) is 15.2. The Balaban J connectivity index is 1.75. The Morgan fingerprint density at radius 2 is 1.73 bits per heavy atom. The number of benzene rings is 1. The SMILES string of the molecule is CC1CN(c2ncccc2C(F)(F)F)CC=C1C(=O)Nc1ccc(S(=O)(=O)C(F)(F)F)cc1. The molecule has 1 aromatic carbocycles. The predicted molar refractivity (Wildman–Crippen MR) is 107 cm³/mol. The molecule has 0 radical (unpaired) electrons. The fraction of sp³-hybridized carbons (Fsp3) is 0.300. The number of carbonyl (C=O) groups is 1. The Morgan fingerprint density at radius 1 is 1.09 bits per heavy atom. The highest BCUT2D eigenvalue weighted by atomic mass is 32.2. The van der Waals surface area contributed by atoms with Gasteiger partial charge in [-0.05, 0) is 36.4 Å². The quantitative estimate of drug-likeness (QED) is 0.639. The second kappa shape index (κ2) is 8.69. The van der Waals surface area contributed by atoms with Crippen molar-refractivity contribution in [2.24, 2.45) is 5.92 Å². The number of halogens is 6. The second-order valence-electron chi connectivity index (χ2n) is 7.27. The minimum absolute atomic E-state index is 0.0179. The van der Waals surface area contributed by atoms with Crippen molar-refractivity contribution in [3.8, 4) is 0 Å². The molecule has 3 rings (SSSR count). The molecule has 0 saturated heterocycles. The molecule has 33 heavy (non-hydrogen) atoms. The van der Waals surface area contributed by atoms with Gasteiger partial charge in [0.05, 0.1) is 10.5 Å². The first kappa shape index (κ1) is 24.6. The number of hydrogen-bond donors (Lipinski definition) is 1. The minimum atomic E-state index is -5.51. The van der Waals surface area contributed by atoms with E-state index in [4.69, 9.17) is 0 Å². The summed E-state index contributed by atoms with van der Waals surface area (Å²) in [5.41, 5.74) is -6.03. The summed E-state index contributed by atoms with van der Waals surface area (Å²) in [6.45, 7) is 1.69. The van der Waals surface area contributed by atoms with Crippen LogP contribution >= 0.6 is 0 Å². The van der Waals surface area contributed by atoms with E-state index in [0.29, 0.717) is 0 Å². The van der Waals surface area contributed by atoms with Crippen LogP contribution in [0.4, 0.5) is 37.8 Å². The molecule has 13 heteroatoms. The third-order valence-electron chi connectivity index (χ3n) is 4.94. The molecule has 1 amide bonds. The van der Waals surface area contributed by atoms with Gasteiger partial charge in [0, 0.05) is 36.5 Å². The fourth-order valence-electron chi connectivity index (χ4n) is 3.33. The molecule has 0 bridgehead atoms. The van der Waals surface area contributed by atoms with E-state index in [1.54, 1.807) is 6.92 Å². The molecule has 2 aromatic rings. The third kappa shape index (κ3) is 5.13. The number of sulfone groups is 1. The lowest BCUT2D eigenvalue weighted by molar-refractivity contribution is -0.137. The lowest BCUT2D eigenvalue weighted by Crippen LogP contribution is -2.38. The van der Waals surface area contributed by atoms with Crippen molar-refractivity contribution in [3.63, 3.8) is 0 Å². The average molecular weight is 493 g/mol. The fourth-order valence-corrected chi connectivity index (χ4v) is 4.09. The number of anilines is 2. The van der Waals surface area contributed by atoms with Gasteiger partial charge in [0.1, 0.15) is 5.82 Å². The molecular weight excluding hydrogens is 476 g/mol. The van der Waals surface area contributed by atoms with Gasteiger partial charge in [-0.2, -0.15) is 26.3 Å². The Kier molecular flexibility index (Phi) is 6.46. The Bertz CT molecular complexity index is 1170. The van der Waals surface area contributed by atoms with E-state index >= 15 is 0 Å². The summed E-state index contributed by atoms with van der Waals surface area (Å²) in [5, 5.41) is 2.45. The monoisotopic (exact) mass is 493 g/mol. The van der Waals surface area contributed by atoms with Crippen molar-refractivity contribution in [3.05, 3.63) is 59.8 Å². The number of amides is 1. The van der Waals surface area contributed by atoms with E-state index in [2.05, 4.69) is 10.3 Å². The zero-order valence-electron chi connectivity index (χ0n) is 16.9. The maximum atomic E-state index is 13.3. The van der Waals surface area contributed by atoms with Crippen LogP contribution in [0.2, 0.25) is 0 Å². The second-order valence-corrected chi connectivity index (χ2v) is 9.21. The van der Waals surface area contributed by atoms with Gasteiger partial charge in [-0.1, -0.05) is 13.0 Å². The van der Waals surface area contributed by atoms with Gasteiger partial charge in [-0.15, -0.1) is 0 Å². The zero-order valence-corrected chi connectivity index (χ0v) is 17.7. The molecule has 1 aliphatic rings. The smallest absolute Gasteiger partial charge is 0.352 e. The van der Waals surface area contributed by atoms with Crippen LogP contribution in [0.1, 0.15) is 12.5 Å². The number of alkyl halides is 6. The third-order valence-corrected chi connectivity index (χ3v) is 6.44. The number of pyridine rings is 1. The van der Waals surface area contributed by atoms with Gasteiger partial charge in [-0.3, -0.25) is 4.79 Å². The van der Waals surface area contributed by atoms with Crippen molar-refractivity contribution in [2.45, 2.75) is 23.5 Å². The zero-order chi connectivity index (χ0) is 24.6. The van der Waals surface area contributed by atoms with Crippen LogP contribution < -0.4 is 10.2 Å². The van der Waals surface area contributed by atoms with Gasteiger partial charge in [0.15, 0.2) is 0 Å². The van der Waals surface area contributed by atoms with Gasteiger partial charge < -0.3 is 10.2 Å². The normalized spacial score (nSPS) is 17.5. The van der Waals surface area contributed by atoms with Crippen molar-refractivity contribution < 1.29 is 39.6 Å². The topological polar surface area (TPSA) is 79.4 Å². The predicted octanol–water partition coefficient (Wildman–Crippen LogP) is 4.42. The van der Waals surface area contributed by atoms with E-state index < -0.39 is 43.8 Å². The first-order valence-corrected chi connectivity index (χ1v) is 10.9. The van der Waals surface area contributed by atoms with Gasteiger partial charge in [0.25, 0.3) is 15.7 Å². The molecule has 1 atom stereocenters. The number of nitrogens with zero attached hydrogens (tertiary/aromatic N) is 2. The molecule has 0 fully saturated rings. The molecule has 0 saturated carbocycles. The molecule has 1 aliphatic heterocycles. The molecule has 178 valence electrons. The molecule has 1 N–H and O–H groups in total. The maximum Gasteiger partial charge on any atom is 0.501 e. The molecule has 1 unspecified atom stereocenters. The number of nitrogens with one attached hydrogen (secondary N) is 1. The highest BCUT2D eigenvalue weighted by molar-refractivity contribution is 7.92. The Hall–Kier alpha value is -3.09. The van der Waals surface area contributed by atoms with E-state index in [1.165, 1.54) is 23.2 Å². The van der Waals surface area contributed by atoms with Gasteiger partial charge in [-0.25, -0.2) is 13.4 Å². The van der Waals surface area contributed by atoms with Crippen LogP contribution in [0.3, 0.4) is 0 Å². The van der Waals surface area contributed by atoms with E-state index in [9.17, 15) is 39.6 Å². The Morgan fingerprint density at radius 3 is 2.27 bits per heavy atom. The standard InChI is InChI=1S/C20H17F6N3O3S/c1-12-11-29(17-16(19(21,22)23)3-2-9-27-17)10-8-15(12)18(30)28-13-4-6-14(7-5-13)33(31,32)20(24,25)26/h2-9,12H,10-11H2,1H3,(H,28,30). The molecule has 2 heterocycles. The van der Waals surface area contributed by atoms with Gasteiger partial charge >= 0.3 is 11.7 Å². The highest BCUT2D eigenvalue weighted by Crippen LogP contribution is 2.36. The van der Waals surface area contributed by atoms with E-state index in [-0.39, 0.29) is 30.2 Å².